The van der Waals surface area contributed by atoms with Gasteiger partial charge >= 0.3 is 5.97 Å². The third kappa shape index (κ3) is 5.97. The number of thiophene rings is 1. The normalized spacial score (nSPS) is 15.2. The first-order valence-electron chi connectivity index (χ1n) is 11.4. The molecule has 1 aliphatic heterocycles. The Morgan fingerprint density at radius 2 is 1.91 bits per heavy atom. The van der Waals surface area contributed by atoms with Gasteiger partial charge in [0.1, 0.15) is 0 Å². The minimum atomic E-state index is -0.382. The van der Waals surface area contributed by atoms with E-state index in [-0.39, 0.29) is 43.2 Å². The maximum Gasteiger partial charge on any atom is 0.306 e. The van der Waals surface area contributed by atoms with Crippen LogP contribution in [0.2, 0.25) is 0 Å². The Morgan fingerprint density at radius 1 is 1.12 bits per heavy atom. The predicted molar refractivity (Wildman–Crippen MR) is 125 cm³/mol. The van der Waals surface area contributed by atoms with Crippen molar-refractivity contribution in [3.8, 4) is 0 Å². The molecular formula is C25H32N2O4S. The molecule has 1 aromatic carbocycles. The number of rotatable bonds is 10. The van der Waals surface area contributed by atoms with Crippen LogP contribution in [0.5, 0.6) is 0 Å². The van der Waals surface area contributed by atoms with Crippen molar-refractivity contribution in [2.24, 2.45) is 0 Å². The van der Waals surface area contributed by atoms with Crippen LogP contribution in [0.4, 0.5) is 0 Å². The first-order valence-corrected chi connectivity index (χ1v) is 12.3. The largest absolute Gasteiger partial charge is 0.466 e. The molecular weight excluding hydrogens is 424 g/mol. The van der Waals surface area contributed by atoms with Gasteiger partial charge in [0.15, 0.2) is 0 Å². The molecule has 1 aromatic heterocycles. The molecule has 32 heavy (non-hydrogen) atoms. The zero-order valence-corrected chi connectivity index (χ0v) is 19.7. The summed E-state index contributed by atoms with van der Waals surface area (Å²) in [6.07, 6.45) is 2.66. The van der Waals surface area contributed by atoms with E-state index >= 15 is 0 Å². The molecule has 1 unspecified atom stereocenters. The smallest absolute Gasteiger partial charge is 0.306 e. The van der Waals surface area contributed by atoms with Crippen LogP contribution in [0.1, 0.15) is 61.6 Å². The van der Waals surface area contributed by atoms with E-state index in [2.05, 4.69) is 30.5 Å². The summed E-state index contributed by atoms with van der Waals surface area (Å²) in [5.41, 5.74) is 2.25. The highest BCUT2D eigenvalue weighted by atomic mass is 32.1. The maximum atomic E-state index is 13.5. The Bertz CT molecular complexity index is 912. The van der Waals surface area contributed by atoms with Gasteiger partial charge < -0.3 is 14.5 Å². The second kappa shape index (κ2) is 11.8. The van der Waals surface area contributed by atoms with Gasteiger partial charge in [0.25, 0.3) is 0 Å². The van der Waals surface area contributed by atoms with Gasteiger partial charge in [0.2, 0.25) is 11.8 Å². The molecule has 7 heteroatoms. The Labute approximate surface area is 194 Å². The standard InChI is InChI=1S/C25H32N2O4S/c1-3-5-15-26(22(28)11-12-24(30)31-4-2)18-23(29)27-16-13-21-20(14-17-32-21)25(27)19-9-7-6-8-10-19/h6-10,14,17,25H,3-5,11-13,15-16,18H2,1-2H3. The fourth-order valence-corrected chi connectivity index (χ4v) is 4.98. The summed E-state index contributed by atoms with van der Waals surface area (Å²) >= 11 is 1.73. The van der Waals surface area contributed by atoms with Gasteiger partial charge in [-0.2, -0.15) is 0 Å². The molecule has 0 aliphatic carbocycles. The molecule has 0 saturated heterocycles. The zero-order valence-electron chi connectivity index (χ0n) is 18.9. The van der Waals surface area contributed by atoms with Gasteiger partial charge in [0, 0.05) is 24.4 Å². The van der Waals surface area contributed by atoms with Crippen molar-refractivity contribution >= 4 is 29.1 Å². The molecule has 0 radical (unpaired) electrons. The number of benzene rings is 1. The molecule has 3 rings (SSSR count). The summed E-state index contributed by atoms with van der Waals surface area (Å²) in [4.78, 5) is 42.8. The van der Waals surface area contributed by atoms with Crippen molar-refractivity contribution in [1.29, 1.82) is 0 Å². The molecule has 2 heterocycles. The average molecular weight is 457 g/mol. The number of esters is 1. The fourth-order valence-electron chi connectivity index (χ4n) is 4.08. The molecule has 172 valence electrons. The highest BCUT2D eigenvalue weighted by Gasteiger charge is 2.33. The average Bonchev–Trinajstić information content (AvgIpc) is 3.29. The molecule has 1 atom stereocenters. The minimum Gasteiger partial charge on any atom is -0.466 e. The Hall–Kier alpha value is -2.67. The van der Waals surface area contributed by atoms with Gasteiger partial charge in [-0.3, -0.25) is 14.4 Å². The Balaban J connectivity index is 1.75. The van der Waals surface area contributed by atoms with Crippen LogP contribution in [0, 0.1) is 0 Å². The monoisotopic (exact) mass is 456 g/mol. The second-order valence-electron chi connectivity index (χ2n) is 7.92. The topological polar surface area (TPSA) is 66.9 Å². The first-order chi connectivity index (χ1) is 15.5. The zero-order chi connectivity index (χ0) is 22.9. The van der Waals surface area contributed by atoms with E-state index in [1.165, 1.54) is 10.4 Å². The van der Waals surface area contributed by atoms with Gasteiger partial charge in [-0.05, 0) is 42.3 Å². The van der Waals surface area contributed by atoms with Crippen LogP contribution in [-0.4, -0.2) is 53.8 Å². The van der Waals surface area contributed by atoms with Crippen LogP contribution in [0.25, 0.3) is 0 Å². The molecule has 0 spiro atoms. The number of amides is 2. The number of carbonyl (C=O) groups is 3. The number of ether oxygens (including phenoxy) is 1. The van der Waals surface area contributed by atoms with E-state index in [1.807, 2.05) is 23.1 Å². The lowest BCUT2D eigenvalue weighted by Gasteiger charge is -2.37. The van der Waals surface area contributed by atoms with Crippen LogP contribution in [0.15, 0.2) is 41.8 Å². The maximum absolute atomic E-state index is 13.5. The lowest BCUT2D eigenvalue weighted by atomic mass is 9.93. The van der Waals surface area contributed by atoms with Crippen LogP contribution >= 0.6 is 11.3 Å². The summed E-state index contributed by atoms with van der Waals surface area (Å²) < 4.78 is 4.93. The molecule has 1 aliphatic rings. The first kappa shape index (κ1) is 24.0. The number of carbonyl (C=O) groups excluding carboxylic acids is 3. The van der Waals surface area contributed by atoms with E-state index < -0.39 is 0 Å². The van der Waals surface area contributed by atoms with E-state index in [0.29, 0.717) is 19.7 Å². The van der Waals surface area contributed by atoms with Crippen LogP contribution in [0.3, 0.4) is 0 Å². The van der Waals surface area contributed by atoms with E-state index in [4.69, 9.17) is 4.74 Å². The van der Waals surface area contributed by atoms with Crippen molar-refractivity contribution < 1.29 is 19.1 Å². The summed E-state index contributed by atoms with van der Waals surface area (Å²) in [7, 11) is 0. The van der Waals surface area contributed by atoms with E-state index in [1.54, 1.807) is 23.2 Å². The third-order valence-electron chi connectivity index (χ3n) is 5.71. The van der Waals surface area contributed by atoms with Crippen molar-refractivity contribution in [2.45, 2.75) is 52.0 Å². The predicted octanol–water partition coefficient (Wildman–Crippen LogP) is 4.19. The molecule has 0 fully saturated rings. The van der Waals surface area contributed by atoms with Gasteiger partial charge in [-0.15, -0.1) is 11.3 Å². The minimum absolute atomic E-state index is 0.0322. The Kier molecular flexibility index (Phi) is 8.85. The lowest BCUT2D eigenvalue weighted by Crippen LogP contribution is -2.47. The summed E-state index contributed by atoms with van der Waals surface area (Å²) in [5, 5.41) is 2.08. The number of hydrogen-bond donors (Lipinski definition) is 0. The number of nitrogens with zero attached hydrogens (tertiary/aromatic N) is 2. The number of hydrogen-bond acceptors (Lipinski definition) is 5. The summed E-state index contributed by atoms with van der Waals surface area (Å²) in [5.74, 6) is -0.617. The second-order valence-corrected chi connectivity index (χ2v) is 8.92. The van der Waals surface area contributed by atoms with Gasteiger partial charge in [-0.1, -0.05) is 43.7 Å². The number of fused-ring (bicyclic) bond motifs is 1. The van der Waals surface area contributed by atoms with Gasteiger partial charge in [-0.25, -0.2) is 0 Å². The summed E-state index contributed by atoms with van der Waals surface area (Å²) in [6.45, 7) is 5.27. The van der Waals surface area contributed by atoms with Crippen LogP contribution < -0.4 is 0 Å². The molecule has 0 bridgehead atoms. The molecule has 0 N–H and O–H groups in total. The summed E-state index contributed by atoms with van der Waals surface area (Å²) in [6, 6.07) is 12.0. The van der Waals surface area contributed by atoms with E-state index in [9.17, 15) is 14.4 Å². The number of unbranched alkanes of at least 4 members (excludes halogenated alkanes) is 1. The highest BCUT2D eigenvalue weighted by Crippen LogP contribution is 2.37. The molecule has 0 saturated carbocycles. The Morgan fingerprint density at radius 3 is 2.62 bits per heavy atom. The highest BCUT2D eigenvalue weighted by molar-refractivity contribution is 7.10. The molecule has 6 nitrogen and oxygen atoms in total. The third-order valence-corrected chi connectivity index (χ3v) is 6.71. The lowest BCUT2D eigenvalue weighted by molar-refractivity contribution is -0.146. The van der Waals surface area contributed by atoms with Crippen LogP contribution in [-0.2, 0) is 25.5 Å². The van der Waals surface area contributed by atoms with Crippen molar-refractivity contribution in [1.82, 2.24) is 9.80 Å². The quantitative estimate of drug-likeness (QED) is 0.503. The van der Waals surface area contributed by atoms with Crippen molar-refractivity contribution in [3.05, 3.63) is 57.8 Å². The SMILES string of the molecule is CCCCN(CC(=O)N1CCc2sccc2C1c1ccccc1)C(=O)CCC(=O)OCC. The van der Waals surface area contributed by atoms with Crippen molar-refractivity contribution in [3.63, 3.8) is 0 Å². The molecule has 2 aromatic rings. The fraction of sp³-hybridized carbons (Fsp3) is 0.480. The van der Waals surface area contributed by atoms with Gasteiger partial charge in [0.05, 0.1) is 25.6 Å². The van der Waals surface area contributed by atoms with E-state index in [0.717, 1.165) is 24.8 Å². The van der Waals surface area contributed by atoms with Crippen molar-refractivity contribution in [2.75, 3.05) is 26.2 Å². The molecule has 2 amide bonds.